The summed E-state index contributed by atoms with van der Waals surface area (Å²) in [5.74, 6) is 0.608. The van der Waals surface area contributed by atoms with E-state index in [1.807, 2.05) is 12.1 Å². The van der Waals surface area contributed by atoms with E-state index in [9.17, 15) is 4.79 Å². The maximum absolute atomic E-state index is 11.9. The molecule has 114 valence electrons. The minimum atomic E-state index is -0.139. The van der Waals surface area contributed by atoms with E-state index in [1.165, 1.54) is 5.56 Å². The molecule has 5 nitrogen and oxygen atoms in total. The first kappa shape index (κ1) is 14.5. The number of hydrogen-bond acceptors (Lipinski definition) is 4. The molecule has 3 rings (SSSR count). The monoisotopic (exact) mass is 296 g/mol. The first-order valence-electron chi connectivity index (χ1n) is 7.64. The van der Waals surface area contributed by atoms with Gasteiger partial charge in [-0.2, -0.15) is 0 Å². The van der Waals surface area contributed by atoms with Gasteiger partial charge in [-0.05, 0) is 44.4 Å². The number of aryl methyl sites for hydroxylation is 1. The normalized spacial score (nSPS) is 13.7. The quantitative estimate of drug-likeness (QED) is 0.921. The molecule has 1 aromatic carbocycles. The van der Waals surface area contributed by atoms with Crippen LogP contribution in [-0.2, 0) is 0 Å². The number of anilines is 2. The molecule has 1 aliphatic carbocycles. The van der Waals surface area contributed by atoms with E-state index in [0.717, 1.165) is 30.9 Å². The molecular weight excluding hydrogens is 276 g/mol. The molecule has 1 heterocycles. The van der Waals surface area contributed by atoms with Crippen molar-refractivity contribution in [2.75, 3.05) is 11.4 Å². The van der Waals surface area contributed by atoms with E-state index in [4.69, 9.17) is 0 Å². The molecule has 1 amide bonds. The van der Waals surface area contributed by atoms with Gasteiger partial charge < -0.3 is 10.2 Å². The summed E-state index contributed by atoms with van der Waals surface area (Å²) in [6.07, 6.45) is 5.33. The average molecular weight is 296 g/mol. The molecule has 1 fully saturated rings. The Morgan fingerprint density at radius 3 is 2.73 bits per heavy atom. The number of nitrogens with zero attached hydrogens (tertiary/aromatic N) is 3. The highest BCUT2D eigenvalue weighted by Crippen LogP contribution is 2.23. The number of aromatic nitrogens is 2. The van der Waals surface area contributed by atoms with Crippen molar-refractivity contribution in [3.8, 4) is 0 Å². The molecule has 1 aliphatic rings. The third-order valence-corrected chi connectivity index (χ3v) is 3.69. The van der Waals surface area contributed by atoms with Gasteiger partial charge in [0.2, 0.25) is 0 Å². The van der Waals surface area contributed by atoms with E-state index in [2.05, 4.69) is 46.2 Å². The number of carbonyl (C=O) groups is 1. The maximum Gasteiger partial charge on any atom is 0.271 e. The lowest BCUT2D eigenvalue weighted by Crippen LogP contribution is -2.26. The molecule has 0 radical (unpaired) electrons. The summed E-state index contributed by atoms with van der Waals surface area (Å²) in [4.78, 5) is 22.7. The third kappa shape index (κ3) is 3.24. The number of nitrogens with one attached hydrogen (secondary N) is 1. The van der Waals surface area contributed by atoms with Crippen molar-refractivity contribution in [2.24, 2.45) is 0 Å². The minimum absolute atomic E-state index is 0.139. The molecule has 0 saturated heterocycles. The Morgan fingerprint density at radius 2 is 2.14 bits per heavy atom. The summed E-state index contributed by atoms with van der Waals surface area (Å²) in [6.45, 7) is 4.91. The highest BCUT2D eigenvalue weighted by Gasteiger charge is 2.24. The number of benzene rings is 1. The van der Waals surface area contributed by atoms with Crippen LogP contribution in [0.15, 0.2) is 36.7 Å². The lowest BCUT2D eigenvalue weighted by atomic mass is 10.2. The Kier molecular flexibility index (Phi) is 4.04. The summed E-state index contributed by atoms with van der Waals surface area (Å²) in [7, 11) is 0. The van der Waals surface area contributed by atoms with E-state index in [0.29, 0.717) is 11.7 Å². The van der Waals surface area contributed by atoms with Crippen LogP contribution in [0.5, 0.6) is 0 Å². The molecule has 0 aliphatic heterocycles. The molecular formula is C17H20N4O. The molecule has 2 aromatic rings. The summed E-state index contributed by atoms with van der Waals surface area (Å²) >= 11 is 0. The maximum atomic E-state index is 11.9. The summed E-state index contributed by atoms with van der Waals surface area (Å²) in [5, 5.41) is 2.92. The minimum Gasteiger partial charge on any atom is -0.348 e. The summed E-state index contributed by atoms with van der Waals surface area (Å²) in [5.41, 5.74) is 2.65. The highest BCUT2D eigenvalue weighted by molar-refractivity contribution is 5.92. The van der Waals surface area contributed by atoms with E-state index in [1.54, 1.807) is 12.4 Å². The van der Waals surface area contributed by atoms with Gasteiger partial charge in [0.05, 0.1) is 12.4 Å². The number of amides is 1. The zero-order valence-electron chi connectivity index (χ0n) is 12.9. The molecule has 1 aromatic heterocycles. The van der Waals surface area contributed by atoms with Crippen LogP contribution in [0.4, 0.5) is 11.5 Å². The van der Waals surface area contributed by atoms with Gasteiger partial charge in [-0.3, -0.25) is 4.79 Å². The number of hydrogen-bond donors (Lipinski definition) is 1. The van der Waals surface area contributed by atoms with Gasteiger partial charge >= 0.3 is 0 Å². The van der Waals surface area contributed by atoms with E-state index in [-0.39, 0.29) is 5.91 Å². The fourth-order valence-electron chi connectivity index (χ4n) is 2.34. The number of rotatable bonds is 5. The van der Waals surface area contributed by atoms with Crippen molar-refractivity contribution >= 4 is 17.4 Å². The van der Waals surface area contributed by atoms with Crippen molar-refractivity contribution in [2.45, 2.75) is 32.7 Å². The highest BCUT2D eigenvalue weighted by atomic mass is 16.2. The predicted octanol–water partition coefficient (Wildman–Crippen LogP) is 2.84. The standard InChI is InChI=1S/C17H20N4O/c1-3-21(14-6-4-5-12(2)9-14)16-11-18-15(10-19-16)17(22)20-13-7-8-13/h4-6,9-11,13H,3,7-8H2,1-2H3,(H,20,22). The fraction of sp³-hybridized carbons (Fsp3) is 0.353. The van der Waals surface area contributed by atoms with Gasteiger partial charge in [-0.15, -0.1) is 0 Å². The molecule has 1 N–H and O–H groups in total. The first-order chi connectivity index (χ1) is 10.7. The van der Waals surface area contributed by atoms with Gasteiger partial charge in [-0.1, -0.05) is 12.1 Å². The van der Waals surface area contributed by atoms with Crippen LogP contribution in [0.2, 0.25) is 0 Å². The van der Waals surface area contributed by atoms with Crippen LogP contribution < -0.4 is 10.2 Å². The fourth-order valence-corrected chi connectivity index (χ4v) is 2.34. The van der Waals surface area contributed by atoms with Crippen molar-refractivity contribution in [1.29, 1.82) is 0 Å². The van der Waals surface area contributed by atoms with Crippen molar-refractivity contribution in [1.82, 2.24) is 15.3 Å². The lowest BCUT2D eigenvalue weighted by molar-refractivity contribution is 0.0945. The van der Waals surface area contributed by atoms with Crippen LogP contribution in [-0.4, -0.2) is 28.5 Å². The van der Waals surface area contributed by atoms with Crippen LogP contribution in [0, 0.1) is 6.92 Å². The Labute approximate surface area is 130 Å². The second-order valence-electron chi connectivity index (χ2n) is 5.59. The van der Waals surface area contributed by atoms with Gasteiger partial charge in [-0.25, -0.2) is 9.97 Å². The SMILES string of the molecule is CCN(c1cccc(C)c1)c1cnc(C(=O)NC2CC2)cn1. The molecule has 0 atom stereocenters. The Bertz CT molecular complexity index is 665. The Hall–Kier alpha value is -2.43. The van der Waals surface area contributed by atoms with Crippen LogP contribution in [0.3, 0.4) is 0 Å². The van der Waals surface area contributed by atoms with Gasteiger partial charge in [0.15, 0.2) is 5.82 Å². The lowest BCUT2D eigenvalue weighted by Gasteiger charge is -2.22. The van der Waals surface area contributed by atoms with Crippen LogP contribution in [0.1, 0.15) is 35.8 Å². The first-order valence-corrected chi connectivity index (χ1v) is 7.64. The smallest absolute Gasteiger partial charge is 0.271 e. The Morgan fingerprint density at radius 1 is 1.32 bits per heavy atom. The van der Waals surface area contributed by atoms with Gasteiger partial charge in [0.1, 0.15) is 5.69 Å². The zero-order valence-corrected chi connectivity index (χ0v) is 12.9. The number of carbonyl (C=O) groups excluding carboxylic acids is 1. The second kappa shape index (κ2) is 6.13. The van der Waals surface area contributed by atoms with Gasteiger partial charge in [0.25, 0.3) is 5.91 Å². The van der Waals surface area contributed by atoms with Crippen molar-refractivity contribution in [3.63, 3.8) is 0 Å². The van der Waals surface area contributed by atoms with Gasteiger partial charge in [0, 0.05) is 18.3 Å². The summed E-state index contributed by atoms with van der Waals surface area (Å²) in [6, 6.07) is 8.57. The topological polar surface area (TPSA) is 58.1 Å². The van der Waals surface area contributed by atoms with Crippen molar-refractivity contribution < 1.29 is 4.79 Å². The summed E-state index contributed by atoms with van der Waals surface area (Å²) < 4.78 is 0. The van der Waals surface area contributed by atoms with E-state index >= 15 is 0 Å². The molecule has 0 unspecified atom stereocenters. The van der Waals surface area contributed by atoms with Crippen molar-refractivity contribution in [3.05, 3.63) is 47.9 Å². The average Bonchev–Trinajstić information content (AvgIpc) is 3.33. The third-order valence-electron chi connectivity index (χ3n) is 3.69. The second-order valence-corrected chi connectivity index (χ2v) is 5.59. The van der Waals surface area contributed by atoms with E-state index < -0.39 is 0 Å². The van der Waals surface area contributed by atoms with Crippen LogP contribution in [0.25, 0.3) is 0 Å². The molecule has 1 saturated carbocycles. The Balaban J connectivity index is 1.79. The molecule has 0 spiro atoms. The zero-order chi connectivity index (χ0) is 15.5. The molecule has 5 heteroatoms. The predicted molar refractivity (Wildman–Crippen MR) is 86.4 cm³/mol. The largest absolute Gasteiger partial charge is 0.348 e. The molecule has 22 heavy (non-hydrogen) atoms. The van der Waals surface area contributed by atoms with Crippen LogP contribution >= 0.6 is 0 Å². The molecule has 0 bridgehead atoms.